The predicted molar refractivity (Wildman–Crippen MR) is 133 cm³/mol. The van der Waals surface area contributed by atoms with E-state index in [1.807, 2.05) is 41.8 Å². The normalized spacial score (nSPS) is 15.6. The number of carbonyl (C=O) groups excluding carboxylic acids is 1. The van der Waals surface area contributed by atoms with Crippen molar-refractivity contribution in [1.82, 2.24) is 14.4 Å². The van der Waals surface area contributed by atoms with Crippen LogP contribution in [0.1, 0.15) is 31.0 Å². The number of methoxy groups -OCH3 is 1. The molecule has 3 aromatic rings. The Hall–Kier alpha value is -2.71. The van der Waals surface area contributed by atoms with E-state index in [4.69, 9.17) is 19.4 Å². The Balaban J connectivity index is 1.78. The minimum absolute atomic E-state index is 0.158. The molecule has 1 saturated heterocycles. The maximum Gasteiger partial charge on any atom is 0.310 e. The fourth-order valence-corrected chi connectivity index (χ4v) is 4.68. The Kier molecular flexibility index (Phi) is 6.86. The van der Waals surface area contributed by atoms with Crippen molar-refractivity contribution in [2.45, 2.75) is 38.7 Å². The van der Waals surface area contributed by atoms with Gasteiger partial charge in [-0.1, -0.05) is 34.1 Å². The summed E-state index contributed by atoms with van der Waals surface area (Å²) in [5.74, 6) is 1.27. The smallest absolute Gasteiger partial charge is 0.310 e. The molecule has 7 nitrogen and oxygen atoms in total. The lowest BCUT2D eigenvalue weighted by molar-refractivity contribution is -0.139. The average Bonchev–Trinajstić information content (AvgIpc) is 3.22. The van der Waals surface area contributed by atoms with E-state index in [-0.39, 0.29) is 18.0 Å². The molecule has 2 aromatic heterocycles. The fourth-order valence-electron chi connectivity index (χ4n) is 4.28. The molecule has 33 heavy (non-hydrogen) atoms. The first kappa shape index (κ1) is 23.4. The molecule has 1 fully saturated rings. The number of esters is 1. The van der Waals surface area contributed by atoms with Crippen LogP contribution in [-0.2, 0) is 20.7 Å². The van der Waals surface area contributed by atoms with Gasteiger partial charge < -0.3 is 14.4 Å². The number of carbonyl (C=O) groups is 1. The van der Waals surface area contributed by atoms with E-state index in [0.29, 0.717) is 12.4 Å². The van der Waals surface area contributed by atoms with Gasteiger partial charge in [-0.3, -0.25) is 9.20 Å². The van der Waals surface area contributed by atoms with E-state index in [1.54, 1.807) is 6.08 Å². The molecular weight excluding hydrogens is 484 g/mol. The summed E-state index contributed by atoms with van der Waals surface area (Å²) in [5, 5.41) is 0. The molecule has 0 bridgehead atoms. The number of aryl methyl sites for hydroxylation is 1. The summed E-state index contributed by atoms with van der Waals surface area (Å²) in [6.07, 6.45) is 5.69. The third-order valence-electron chi connectivity index (χ3n) is 6.23. The predicted octanol–water partition coefficient (Wildman–Crippen LogP) is 4.74. The number of hydrogen-bond donors (Lipinski definition) is 0. The number of aromatic nitrogens is 3. The van der Waals surface area contributed by atoms with E-state index in [1.165, 1.54) is 7.11 Å². The van der Waals surface area contributed by atoms with Gasteiger partial charge in [-0.05, 0) is 38.8 Å². The van der Waals surface area contributed by atoms with Crippen molar-refractivity contribution in [2.75, 3.05) is 31.7 Å². The van der Waals surface area contributed by atoms with Crippen LogP contribution >= 0.6 is 15.9 Å². The summed E-state index contributed by atoms with van der Waals surface area (Å²) in [5.41, 5.74) is 3.28. The number of piperidine rings is 1. The second kappa shape index (κ2) is 9.65. The second-order valence-corrected chi connectivity index (χ2v) is 9.51. The molecular formula is C25H29BrN4O3. The standard InChI is InChI=1S/C25H29BrN4O3/c1-5-13-33-25(3)9-11-29(12-10-25)23-20(15-22(31)32-4)17(2)27-24-28-21(16-30(23)24)18-7-6-8-19(26)14-18/h5-8,14,16H,1,9-13,15H2,2-4H3. The zero-order valence-electron chi connectivity index (χ0n) is 19.3. The molecule has 0 spiro atoms. The van der Waals surface area contributed by atoms with Crippen molar-refractivity contribution in [3.05, 3.63) is 58.8 Å². The van der Waals surface area contributed by atoms with Crippen LogP contribution in [0.5, 0.6) is 0 Å². The molecule has 0 atom stereocenters. The van der Waals surface area contributed by atoms with Crippen molar-refractivity contribution in [3.63, 3.8) is 0 Å². The highest BCUT2D eigenvalue weighted by Gasteiger charge is 2.33. The minimum Gasteiger partial charge on any atom is -0.469 e. The van der Waals surface area contributed by atoms with Crippen LogP contribution in [0.15, 0.2) is 47.6 Å². The first-order valence-corrected chi connectivity index (χ1v) is 11.8. The van der Waals surface area contributed by atoms with Gasteiger partial charge in [0.25, 0.3) is 0 Å². The Morgan fingerprint density at radius 2 is 2.06 bits per heavy atom. The molecule has 0 radical (unpaired) electrons. The zero-order valence-corrected chi connectivity index (χ0v) is 20.9. The average molecular weight is 513 g/mol. The van der Waals surface area contributed by atoms with Gasteiger partial charge in [-0.15, -0.1) is 6.58 Å². The molecule has 0 aliphatic carbocycles. The first-order chi connectivity index (χ1) is 15.8. The maximum atomic E-state index is 12.3. The van der Waals surface area contributed by atoms with Crippen molar-refractivity contribution < 1.29 is 14.3 Å². The van der Waals surface area contributed by atoms with Gasteiger partial charge in [0.1, 0.15) is 5.82 Å². The molecule has 0 unspecified atom stereocenters. The first-order valence-electron chi connectivity index (χ1n) is 11.0. The van der Waals surface area contributed by atoms with E-state index < -0.39 is 0 Å². The van der Waals surface area contributed by atoms with Gasteiger partial charge in [0.2, 0.25) is 5.78 Å². The fraction of sp³-hybridized carbons (Fsp3) is 0.400. The number of rotatable bonds is 7. The monoisotopic (exact) mass is 512 g/mol. The van der Waals surface area contributed by atoms with Crippen LogP contribution in [0.25, 0.3) is 17.0 Å². The van der Waals surface area contributed by atoms with E-state index in [9.17, 15) is 4.79 Å². The van der Waals surface area contributed by atoms with Gasteiger partial charge >= 0.3 is 5.97 Å². The number of fused-ring (bicyclic) bond motifs is 1. The minimum atomic E-state index is -0.288. The molecule has 0 amide bonds. The van der Waals surface area contributed by atoms with Crippen molar-refractivity contribution in [1.29, 1.82) is 0 Å². The molecule has 1 aliphatic heterocycles. The maximum absolute atomic E-state index is 12.3. The molecule has 8 heteroatoms. The van der Waals surface area contributed by atoms with Crippen molar-refractivity contribution >= 4 is 33.5 Å². The topological polar surface area (TPSA) is 69.0 Å². The number of anilines is 1. The Bertz CT molecular complexity index is 1180. The lowest BCUT2D eigenvalue weighted by Gasteiger charge is -2.40. The summed E-state index contributed by atoms with van der Waals surface area (Å²) in [4.78, 5) is 24.1. The Morgan fingerprint density at radius 1 is 1.30 bits per heavy atom. The lowest BCUT2D eigenvalue weighted by atomic mass is 9.93. The third-order valence-corrected chi connectivity index (χ3v) is 6.72. The molecule has 4 rings (SSSR count). The van der Waals surface area contributed by atoms with Crippen molar-refractivity contribution in [2.24, 2.45) is 0 Å². The molecule has 1 aliphatic rings. The summed E-state index contributed by atoms with van der Waals surface area (Å²) >= 11 is 3.54. The summed E-state index contributed by atoms with van der Waals surface area (Å²) < 4.78 is 14.0. The van der Waals surface area contributed by atoms with Gasteiger partial charge in [-0.2, -0.15) is 0 Å². The zero-order chi connectivity index (χ0) is 23.6. The lowest BCUT2D eigenvalue weighted by Crippen LogP contribution is -2.45. The quantitative estimate of drug-likeness (QED) is 0.336. The number of ether oxygens (including phenoxy) is 2. The number of imidazole rings is 1. The molecule has 174 valence electrons. The van der Waals surface area contributed by atoms with Gasteiger partial charge in [-0.25, -0.2) is 9.97 Å². The highest BCUT2D eigenvalue weighted by molar-refractivity contribution is 9.10. The number of hydrogen-bond acceptors (Lipinski definition) is 6. The van der Waals surface area contributed by atoms with Gasteiger partial charge in [0, 0.05) is 40.6 Å². The van der Waals surface area contributed by atoms with Crippen LogP contribution in [0, 0.1) is 6.92 Å². The Labute approximate surface area is 202 Å². The summed E-state index contributed by atoms with van der Waals surface area (Å²) in [6.45, 7) is 9.98. The van der Waals surface area contributed by atoms with Gasteiger partial charge in [0.15, 0.2) is 0 Å². The Morgan fingerprint density at radius 3 is 2.73 bits per heavy atom. The third kappa shape index (κ3) is 4.96. The number of halogens is 1. The van der Waals surface area contributed by atoms with Crippen LogP contribution in [0.2, 0.25) is 0 Å². The molecule has 0 saturated carbocycles. The van der Waals surface area contributed by atoms with Crippen molar-refractivity contribution in [3.8, 4) is 11.3 Å². The van der Waals surface area contributed by atoms with E-state index in [2.05, 4.69) is 34.3 Å². The van der Waals surface area contributed by atoms with E-state index in [0.717, 1.165) is 58.7 Å². The SMILES string of the molecule is C=CCOC1(C)CCN(c2c(CC(=O)OC)c(C)nc3nc(-c4cccc(Br)c4)cn23)CC1. The van der Waals surface area contributed by atoms with Crippen LogP contribution in [0.3, 0.4) is 0 Å². The van der Waals surface area contributed by atoms with Crippen LogP contribution < -0.4 is 4.90 Å². The van der Waals surface area contributed by atoms with Crippen LogP contribution in [0.4, 0.5) is 5.82 Å². The van der Waals surface area contributed by atoms with Crippen LogP contribution in [-0.4, -0.2) is 52.7 Å². The largest absolute Gasteiger partial charge is 0.469 e. The van der Waals surface area contributed by atoms with Gasteiger partial charge in [0.05, 0.1) is 31.4 Å². The number of nitrogens with zero attached hydrogens (tertiary/aromatic N) is 4. The molecule has 0 N–H and O–H groups in total. The summed E-state index contributed by atoms with van der Waals surface area (Å²) in [6, 6.07) is 8.03. The molecule has 1 aromatic carbocycles. The highest BCUT2D eigenvalue weighted by Crippen LogP contribution is 2.34. The van der Waals surface area contributed by atoms with E-state index >= 15 is 0 Å². The summed E-state index contributed by atoms with van der Waals surface area (Å²) in [7, 11) is 1.41. The number of benzene rings is 1. The molecule has 3 heterocycles. The second-order valence-electron chi connectivity index (χ2n) is 8.60. The highest BCUT2D eigenvalue weighted by atomic mass is 79.9.